The maximum atomic E-state index is 11.0. The number of nitrogens with one attached hydrogen (secondary N) is 1. The van der Waals surface area contributed by atoms with Crippen LogP contribution >= 0.6 is 27.5 Å². The Bertz CT molecular complexity index is 1320. The zero-order chi connectivity index (χ0) is 27.6. The summed E-state index contributed by atoms with van der Waals surface area (Å²) in [6.45, 7) is 0. The van der Waals surface area contributed by atoms with Crippen LogP contribution in [0.4, 0.5) is 11.9 Å². The Balaban J connectivity index is 0.000000183. The van der Waals surface area contributed by atoms with Gasteiger partial charge in [0.1, 0.15) is 0 Å². The Kier molecular flexibility index (Phi) is 13.7. The molecular weight excluding hydrogens is 568 g/mol. The summed E-state index contributed by atoms with van der Waals surface area (Å²) in [5.74, 6) is 1.33. The number of rotatable bonds is 4. The number of imidazole rings is 1. The third-order valence-electron chi connectivity index (χ3n) is 4.63. The van der Waals surface area contributed by atoms with E-state index in [-0.39, 0.29) is 5.78 Å². The molecule has 0 amide bonds. The summed E-state index contributed by atoms with van der Waals surface area (Å²) in [6, 6.07) is 22.8. The summed E-state index contributed by atoms with van der Waals surface area (Å²) < 4.78 is 1.87. The van der Waals surface area contributed by atoms with Gasteiger partial charge in [0.2, 0.25) is 11.2 Å². The lowest BCUT2D eigenvalue weighted by Gasteiger charge is -2.02. The molecule has 3 aromatic heterocycles. The predicted molar refractivity (Wildman–Crippen MR) is 156 cm³/mol. The number of nitrogen functional groups attached to an aromatic ring is 1. The van der Waals surface area contributed by atoms with Gasteiger partial charge in [0, 0.05) is 44.4 Å². The smallest absolute Gasteiger partial charge is 0.222 e. The lowest BCUT2D eigenvalue weighted by atomic mass is 10.2. The average Bonchev–Trinajstić information content (AvgIpc) is 3.33. The molecule has 0 atom stereocenters. The maximum absolute atomic E-state index is 11.0. The molecule has 5 rings (SSSR count). The number of carbonyl (C=O) groups is 1. The van der Waals surface area contributed by atoms with Gasteiger partial charge in [-0.2, -0.15) is 0 Å². The molecule has 0 bridgehead atoms. The highest BCUT2D eigenvalue weighted by molar-refractivity contribution is 9.09. The lowest BCUT2D eigenvalue weighted by molar-refractivity contribution is 0.102. The van der Waals surface area contributed by atoms with E-state index in [4.69, 9.17) is 17.3 Å². The molecule has 0 saturated carbocycles. The van der Waals surface area contributed by atoms with Crippen molar-refractivity contribution in [1.82, 2.24) is 29.5 Å². The average molecular weight is 596 g/mol. The van der Waals surface area contributed by atoms with Gasteiger partial charge in [-0.3, -0.25) is 4.79 Å². The molecule has 0 fully saturated rings. The van der Waals surface area contributed by atoms with Gasteiger partial charge in [0.05, 0.1) is 17.2 Å². The Morgan fingerprint density at radius 3 is 1.79 bits per heavy atom. The quantitative estimate of drug-likeness (QED) is 0.157. The van der Waals surface area contributed by atoms with Crippen molar-refractivity contribution in [3.63, 3.8) is 0 Å². The van der Waals surface area contributed by atoms with E-state index >= 15 is 0 Å². The number of hydrogen-bond donors (Lipinski definition) is 2. The third-order valence-corrected chi connectivity index (χ3v) is 5.34. The minimum atomic E-state index is 0.126. The van der Waals surface area contributed by atoms with Crippen LogP contribution in [0.5, 0.6) is 0 Å². The number of halogens is 2. The van der Waals surface area contributed by atoms with E-state index in [1.165, 1.54) is 0 Å². The van der Waals surface area contributed by atoms with Gasteiger partial charge in [0.15, 0.2) is 11.7 Å². The molecule has 0 aliphatic rings. The first-order chi connectivity index (χ1) is 18.5. The molecule has 3 N–H and O–H groups in total. The first-order valence-corrected chi connectivity index (χ1v) is 12.8. The van der Waals surface area contributed by atoms with Crippen molar-refractivity contribution in [3.05, 3.63) is 115 Å². The van der Waals surface area contributed by atoms with Crippen LogP contribution in [0.3, 0.4) is 0 Å². The van der Waals surface area contributed by atoms with Crippen LogP contribution in [-0.4, -0.2) is 47.6 Å². The van der Waals surface area contributed by atoms with E-state index in [9.17, 15) is 4.79 Å². The van der Waals surface area contributed by atoms with Gasteiger partial charge in [0.25, 0.3) is 0 Å². The van der Waals surface area contributed by atoms with Crippen molar-refractivity contribution in [3.8, 4) is 11.3 Å². The molecule has 5 aromatic rings. The second kappa shape index (κ2) is 17.3. The van der Waals surface area contributed by atoms with E-state index < -0.39 is 0 Å². The highest BCUT2D eigenvalue weighted by Gasteiger charge is 2.04. The standard InChI is InChI=1S/C10H11N3.C8H7BrO.C5H7N3.C4H3ClN2/c1-13-9(7-12-10(13)11)8-5-3-2-4-6-8;9-6-8(10)7-4-2-1-3-5-7;1-6-5-7-3-2-4-8-5;5-4-6-2-1-3-7-4/h2-7H,1H3,(H2,11,12);1-5H,6H2;2-4H,1H3,(H,6,7,8);1-3H. The Hall–Kier alpha value is -4.15. The fourth-order valence-electron chi connectivity index (χ4n) is 2.71. The van der Waals surface area contributed by atoms with Crippen molar-refractivity contribution in [2.75, 3.05) is 23.4 Å². The van der Waals surface area contributed by atoms with Crippen LogP contribution in [0.1, 0.15) is 10.4 Å². The molecule has 2 aromatic carbocycles. The van der Waals surface area contributed by atoms with Crippen LogP contribution in [0.25, 0.3) is 11.3 Å². The molecule has 0 radical (unpaired) electrons. The van der Waals surface area contributed by atoms with Crippen LogP contribution in [-0.2, 0) is 7.05 Å². The fourth-order valence-corrected chi connectivity index (χ4v) is 3.15. The molecule has 11 heteroatoms. The van der Waals surface area contributed by atoms with Crippen molar-refractivity contribution >= 4 is 45.2 Å². The van der Waals surface area contributed by atoms with E-state index in [0.717, 1.165) is 16.8 Å². The van der Waals surface area contributed by atoms with E-state index in [2.05, 4.69) is 46.2 Å². The normalized spacial score (nSPS) is 9.37. The molecular formula is C27H28BrClN8O. The number of aromatic nitrogens is 6. The zero-order valence-electron chi connectivity index (χ0n) is 20.9. The van der Waals surface area contributed by atoms with Crippen LogP contribution in [0.15, 0.2) is 104 Å². The molecule has 0 saturated heterocycles. The minimum absolute atomic E-state index is 0.126. The third kappa shape index (κ3) is 10.9. The van der Waals surface area contributed by atoms with Crippen LogP contribution < -0.4 is 11.1 Å². The molecule has 0 aliphatic carbocycles. The summed E-state index contributed by atoms with van der Waals surface area (Å²) >= 11 is 8.42. The van der Waals surface area contributed by atoms with Gasteiger partial charge in [-0.1, -0.05) is 76.6 Å². The molecule has 3 heterocycles. The van der Waals surface area contributed by atoms with Crippen molar-refractivity contribution in [2.45, 2.75) is 0 Å². The van der Waals surface area contributed by atoms with Gasteiger partial charge in [-0.05, 0) is 29.3 Å². The highest BCUT2D eigenvalue weighted by Crippen LogP contribution is 2.19. The highest BCUT2D eigenvalue weighted by atomic mass is 79.9. The van der Waals surface area contributed by atoms with Crippen molar-refractivity contribution in [2.24, 2.45) is 7.05 Å². The number of carbonyl (C=O) groups excluding carboxylic acids is 1. The molecule has 196 valence electrons. The van der Waals surface area contributed by atoms with Crippen molar-refractivity contribution in [1.29, 1.82) is 0 Å². The summed E-state index contributed by atoms with van der Waals surface area (Å²) in [5, 5.41) is 3.50. The molecule has 0 aliphatic heterocycles. The summed E-state index contributed by atoms with van der Waals surface area (Å²) in [7, 11) is 3.69. The van der Waals surface area contributed by atoms with Gasteiger partial charge < -0.3 is 15.6 Å². The largest absolute Gasteiger partial charge is 0.369 e. The first-order valence-electron chi connectivity index (χ1n) is 11.3. The molecule has 0 unspecified atom stereocenters. The Morgan fingerprint density at radius 2 is 1.39 bits per heavy atom. The number of alkyl halides is 1. The van der Waals surface area contributed by atoms with E-state index in [0.29, 0.717) is 22.5 Å². The number of benzene rings is 2. The number of Topliss-reactive ketones (excluding diaryl/α,β-unsaturated/α-hetero) is 1. The van der Waals surface area contributed by atoms with Crippen molar-refractivity contribution < 1.29 is 4.79 Å². The topological polar surface area (TPSA) is 124 Å². The van der Waals surface area contributed by atoms with Crippen LogP contribution in [0, 0.1) is 0 Å². The number of ketones is 1. The van der Waals surface area contributed by atoms with E-state index in [1.54, 1.807) is 50.2 Å². The molecule has 38 heavy (non-hydrogen) atoms. The minimum Gasteiger partial charge on any atom is -0.369 e. The molecule has 0 spiro atoms. The number of anilines is 2. The van der Waals surface area contributed by atoms with Crippen LogP contribution in [0.2, 0.25) is 5.28 Å². The Labute approximate surface area is 235 Å². The maximum Gasteiger partial charge on any atom is 0.222 e. The number of nitrogens with zero attached hydrogens (tertiary/aromatic N) is 6. The Morgan fingerprint density at radius 1 is 0.868 bits per heavy atom. The fraction of sp³-hybridized carbons (Fsp3) is 0.111. The predicted octanol–water partition coefficient (Wildman–Crippen LogP) is 5.58. The summed E-state index contributed by atoms with van der Waals surface area (Å²) in [5.41, 5.74) is 8.57. The summed E-state index contributed by atoms with van der Waals surface area (Å²) in [4.78, 5) is 30.0. The number of hydrogen-bond acceptors (Lipinski definition) is 8. The lowest BCUT2D eigenvalue weighted by Crippen LogP contribution is -1.98. The van der Waals surface area contributed by atoms with Gasteiger partial charge >= 0.3 is 0 Å². The van der Waals surface area contributed by atoms with Gasteiger partial charge in [-0.25, -0.2) is 24.9 Å². The second-order valence-electron chi connectivity index (χ2n) is 7.19. The summed E-state index contributed by atoms with van der Waals surface area (Å²) in [6.07, 6.45) is 8.35. The monoisotopic (exact) mass is 594 g/mol. The zero-order valence-corrected chi connectivity index (χ0v) is 23.3. The first kappa shape index (κ1) is 30.1. The molecule has 9 nitrogen and oxygen atoms in total. The number of nitrogens with two attached hydrogens (primary N) is 1. The van der Waals surface area contributed by atoms with Gasteiger partial charge in [-0.15, -0.1) is 0 Å². The second-order valence-corrected chi connectivity index (χ2v) is 8.09. The van der Waals surface area contributed by atoms with E-state index in [1.807, 2.05) is 72.3 Å². The SMILES string of the molecule is CNc1ncccn1.Clc1ncccn1.Cn1c(-c2ccccc2)cnc1N.O=C(CBr)c1ccccc1.